The van der Waals surface area contributed by atoms with E-state index < -0.39 is 0 Å². The van der Waals surface area contributed by atoms with Gasteiger partial charge in [0, 0.05) is 0 Å². The normalized spacial score (nSPS) is 12.3. The molecule has 0 radical (unpaired) electrons. The standard InChI is InChI=1S/C23H22/c1-15-21-14-20-12-17-8-6-5-7-16(17)11-19(20)13-18(21)9-10-22(15)23(2,3)4/h5-14H,1-4H3. The van der Waals surface area contributed by atoms with E-state index in [0.717, 1.165) is 0 Å². The molecule has 0 aliphatic rings. The Morgan fingerprint density at radius 3 is 1.78 bits per heavy atom. The third kappa shape index (κ3) is 2.30. The molecule has 0 saturated heterocycles. The third-order valence-electron chi connectivity index (χ3n) is 4.92. The maximum atomic E-state index is 2.36. The Hall–Kier alpha value is -2.34. The first-order valence-corrected chi connectivity index (χ1v) is 8.30. The van der Waals surface area contributed by atoms with Crippen molar-refractivity contribution in [3.63, 3.8) is 0 Å². The summed E-state index contributed by atoms with van der Waals surface area (Å²) in [6.07, 6.45) is 0. The number of hydrogen-bond donors (Lipinski definition) is 0. The zero-order chi connectivity index (χ0) is 16.2. The molecule has 0 heteroatoms. The fraction of sp³-hybridized carbons (Fsp3) is 0.217. The van der Waals surface area contributed by atoms with Crippen molar-refractivity contribution >= 4 is 32.3 Å². The molecule has 0 atom stereocenters. The average molecular weight is 298 g/mol. The Balaban J connectivity index is 2.09. The van der Waals surface area contributed by atoms with Crippen LogP contribution >= 0.6 is 0 Å². The van der Waals surface area contributed by atoms with E-state index in [1.165, 1.54) is 43.4 Å². The lowest BCUT2D eigenvalue weighted by Crippen LogP contribution is -2.13. The lowest BCUT2D eigenvalue weighted by molar-refractivity contribution is 0.587. The second-order valence-corrected chi connectivity index (χ2v) is 7.61. The quantitative estimate of drug-likeness (QED) is 0.315. The van der Waals surface area contributed by atoms with Crippen molar-refractivity contribution in [2.24, 2.45) is 0 Å². The molecule has 114 valence electrons. The topological polar surface area (TPSA) is 0 Å². The Labute approximate surface area is 137 Å². The van der Waals surface area contributed by atoms with E-state index in [4.69, 9.17) is 0 Å². The van der Waals surface area contributed by atoms with Crippen LogP contribution in [0.25, 0.3) is 32.3 Å². The molecule has 4 aromatic rings. The minimum absolute atomic E-state index is 0.177. The predicted molar refractivity (Wildman–Crippen MR) is 102 cm³/mol. The largest absolute Gasteiger partial charge is 0.0616 e. The fourth-order valence-electron chi connectivity index (χ4n) is 3.73. The maximum absolute atomic E-state index is 2.36. The summed E-state index contributed by atoms with van der Waals surface area (Å²) in [6.45, 7) is 9.12. The number of benzene rings is 4. The highest BCUT2D eigenvalue weighted by Crippen LogP contribution is 2.34. The van der Waals surface area contributed by atoms with Crippen molar-refractivity contribution in [2.45, 2.75) is 33.1 Å². The minimum atomic E-state index is 0.177. The molecule has 0 nitrogen and oxygen atoms in total. The smallest absolute Gasteiger partial charge is 0.0129 e. The molecule has 0 aliphatic heterocycles. The first-order valence-electron chi connectivity index (χ1n) is 8.30. The van der Waals surface area contributed by atoms with Crippen LogP contribution in [-0.4, -0.2) is 0 Å². The zero-order valence-corrected chi connectivity index (χ0v) is 14.3. The van der Waals surface area contributed by atoms with Crippen LogP contribution in [0.2, 0.25) is 0 Å². The van der Waals surface area contributed by atoms with Gasteiger partial charge in [0.1, 0.15) is 0 Å². The molecule has 0 bridgehead atoms. The predicted octanol–water partition coefficient (Wildman–Crippen LogP) is 6.75. The molecule has 0 aromatic heterocycles. The van der Waals surface area contributed by atoms with Crippen LogP contribution in [-0.2, 0) is 5.41 Å². The number of hydrogen-bond acceptors (Lipinski definition) is 0. The fourth-order valence-corrected chi connectivity index (χ4v) is 3.73. The second kappa shape index (κ2) is 4.83. The van der Waals surface area contributed by atoms with Crippen molar-refractivity contribution < 1.29 is 0 Å². The molecule has 0 unspecified atom stereocenters. The van der Waals surface area contributed by atoms with Crippen LogP contribution in [0.1, 0.15) is 31.9 Å². The van der Waals surface area contributed by atoms with Gasteiger partial charge in [0.25, 0.3) is 0 Å². The summed E-state index contributed by atoms with van der Waals surface area (Å²) < 4.78 is 0. The summed E-state index contributed by atoms with van der Waals surface area (Å²) in [7, 11) is 0. The van der Waals surface area contributed by atoms with Gasteiger partial charge >= 0.3 is 0 Å². The molecular formula is C23H22. The van der Waals surface area contributed by atoms with Crippen LogP contribution in [0.15, 0.2) is 60.7 Å². The highest BCUT2D eigenvalue weighted by atomic mass is 14.2. The van der Waals surface area contributed by atoms with Crippen molar-refractivity contribution in [2.75, 3.05) is 0 Å². The van der Waals surface area contributed by atoms with Crippen molar-refractivity contribution in [1.82, 2.24) is 0 Å². The molecule has 0 fully saturated rings. The van der Waals surface area contributed by atoms with E-state index in [0.29, 0.717) is 0 Å². The van der Waals surface area contributed by atoms with Gasteiger partial charge in [-0.05, 0) is 80.0 Å². The Bertz CT molecular complexity index is 1050. The highest BCUT2D eigenvalue weighted by Gasteiger charge is 2.17. The van der Waals surface area contributed by atoms with Crippen molar-refractivity contribution in [3.05, 3.63) is 71.8 Å². The van der Waals surface area contributed by atoms with E-state index in [1.807, 2.05) is 0 Å². The monoisotopic (exact) mass is 298 g/mol. The first kappa shape index (κ1) is 14.3. The zero-order valence-electron chi connectivity index (χ0n) is 14.3. The van der Waals surface area contributed by atoms with Crippen LogP contribution in [0, 0.1) is 6.92 Å². The first-order chi connectivity index (χ1) is 10.9. The maximum Gasteiger partial charge on any atom is -0.0129 e. The van der Waals surface area contributed by atoms with Gasteiger partial charge < -0.3 is 0 Å². The van der Waals surface area contributed by atoms with Gasteiger partial charge in [-0.1, -0.05) is 57.2 Å². The van der Waals surface area contributed by atoms with Crippen LogP contribution in [0.5, 0.6) is 0 Å². The second-order valence-electron chi connectivity index (χ2n) is 7.61. The average Bonchev–Trinajstić information content (AvgIpc) is 2.50. The molecule has 0 aliphatic carbocycles. The lowest BCUT2D eigenvalue weighted by Gasteiger charge is -2.23. The third-order valence-corrected chi connectivity index (χ3v) is 4.92. The SMILES string of the molecule is Cc1c(C(C)(C)C)ccc2cc3cc4ccccc4cc3cc12. The molecule has 4 aromatic carbocycles. The molecule has 4 rings (SSSR count). The minimum Gasteiger partial charge on any atom is -0.0616 e. The van der Waals surface area contributed by atoms with Gasteiger partial charge in [0.05, 0.1) is 0 Å². The van der Waals surface area contributed by atoms with E-state index in [9.17, 15) is 0 Å². The van der Waals surface area contributed by atoms with Crippen LogP contribution < -0.4 is 0 Å². The van der Waals surface area contributed by atoms with Crippen molar-refractivity contribution in [3.8, 4) is 0 Å². The van der Waals surface area contributed by atoms with Crippen molar-refractivity contribution in [1.29, 1.82) is 0 Å². The summed E-state index contributed by atoms with van der Waals surface area (Å²) in [5.74, 6) is 0. The van der Waals surface area contributed by atoms with E-state index in [2.05, 4.69) is 88.4 Å². The van der Waals surface area contributed by atoms with E-state index in [-0.39, 0.29) is 5.41 Å². The van der Waals surface area contributed by atoms with Gasteiger partial charge in [0.2, 0.25) is 0 Å². The molecule has 0 spiro atoms. The molecule has 0 heterocycles. The number of rotatable bonds is 0. The van der Waals surface area contributed by atoms with Gasteiger partial charge in [-0.25, -0.2) is 0 Å². The summed E-state index contributed by atoms with van der Waals surface area (Å²) in [6, 6.07) is 22.5. The summed E-state index contributed by atoms with van der Waals surface area (Å²) >= 11 is 0. The van der Waals surface area contributed by atoms with Crippen LogP contribution in [0.3, 0.4) is 0 Å². The van der Waals surface area contributed by atoms with Gasteiger partial charge in [-0.3, -0.25) is 0 Å². The number of aryl methyl sites for hydroxylation is 1. The molecule has 0 N–H and O–H groups in total. The molecule has 23 heavy (non-hydrogen) atoms. The van der Waals surface area contributed by atoms with Gasteiger partial charge in [0.15, 0.2) is 0 Å². The molecule has 0 amide bonds. The highest BCUT2D eigenvalue weighted by molar-refractivity contribution is 6.05. The van der Waals surface area contributed by atoms with E-state index >= 15 is 0 Å². The number of fused-ring (bicyclic) bond motifs is 3. The van der Waals surface area contributed by atoms with Crippen LogP contribution in [0.4, 0.5) is 0 Å². The Kier molecular flexibility index (Phi) is 2.99. The lowest BCUT2D eigenvalue weighted by atomic mass is 9.82. The Morgan fingerprint density at radius 2 is 1.17 bits per heavy atom. The van der Waals surface area contributed by atoms with E-state index in [1.54, 1.807) is 0 Å². The summed E-state index contributed by atoms with van der Waals surface area (Å²) in [5, 5.41) is 7.97. The summed E-state index contributed by atoms with van der Waals surface area (Å²) in [4.78, 5) is 0. The molecular weight excluding hydrogens is 276 g/mol. The summed E-state index contributed by atoms with van der Waals surface area (Å²) in [5.41, 5.74) is 3.02. The molecule has 0 saturated carbocycles. The van der Waals surface area contributed by atoms with Gasteiger partial charge in [-0.15, -0.1) is 0 Å². The van der Waals surface area contributed by atoms with Gasteiger partial charge in [-0.2, -0.15) is 0 Å². The Morgan fingerprint density at radius 1 is 0.609 bits per heavy atom.